The van der Waals surface area contributed by atoms with Gasteiger partial charge in [0.1, 0.15) is 13.2 Å². The molecule has 1 amide bonds. The maximum absolute atomic E-state index is 13.8. The molecule has 8 heteroatoms. The average molecular weight is 475 g/mol. The molecule has 1 saturated heterocycles. The Bertz CT molecular complexity index is 1290. The Morgan fingerprint density at radius 1 is 1.03 bits per heavy atom. The van der Waals surface area contributed by atoms with Gasteiger partial charge in [0, 0.05) is 18.2 Å². The molecule has 4 aliphatic heterocycles. The SMILES string of the molecule is Cc1c([C@@H](O)CN2CCC3(CC2)C(=O)N(C2=CC(=O)OC2)c2ccccc23)ccc2c1COC2=O. The molecule has 2 aromatic rings. The fourth-order valence-corrected chi connectivity index (χ4v) is 5.96. The third kappa shape index (κ3) is 3.31. The van der Waals surface area contributed by atoms with Crippen molar-refractivity contribution < 1.29 is 29.0 Å². The van der Waals surface area contributed by atoms with Gasteiger partial charge in [0.25, 0.3) is 0 Å². The van der Waals surface area contributed by atoms with Crippen LogP contribution in [0.15, 0.2) is 48.2 Å². The summed E-state index contributed by atoms with van der Waals surface area (Å²) in [6, 6.07) is 11.3. The first kappa shape index (κ1) is 22.0. The van der Waals surface area contributed by atoms with E-state index in [1.54, 1.807) is 11.0 Å². The third-order valence-electron chi connectivity index (χ3n) is 7.91. The molecular formula is C27H26N2O6. The second kappa shape index (κ2) is 8.03. The number of likely N-dealkylation sites (tertiary alicyclic amines) is 1. The van der Waals surface area contributed by atoms with Crippen LogP contribution >= 0.6 is 0 Å². The number of β-amino-alcohol motifs (C(OH)–C–C–N with tert-alkyl or cyclic N) is 1. The summed E-state index contributed by atoms with van der Waals surface area (Å²) in [5.41, 5.74) is 4.86. The number of piperidine rings is 1. The van der Waals surface area contributed by atoms with Crippen LogP contribution in [0.4, 0.5) is 5.69 Å². The Kier molecular flexibility index (Phi) is 5.05. The number of ether oxygens (including phenoxy) is 2. The standard InChI is InChI=1S/C27H26N2O6/c1-16-18(6-7-19-20(16)15-35-25(19)32)23(30)13-28-10-8-27(9-11-28)21-4-2-3-5-22(21)29(26(27)33)17-12-24(31)34-14-17/h2-7,12,23,30H,8-11,13-15H2,1H3/t23-/m0/s1. The van der Waals surface area contributed by atoms with Crippen LogP contribution in [0.3, 0.4) is 0 Å². The minimum absolute atomic E-state index is 0.0115. The molecule has 2 aromatic carbocycles. The molecule has 6 rings (SSSR count). The summed E-state index contributed by atoms with van der Waals surface area (Å²) in [5, 5.41) is 11.0. The Balaban J connectivity index is 1.20. The number of carbonyl (C=O) groups excluding carboxylic acids is 3. The number of hydrogen-bond donors (Lipinski definition) is 1. The number of amides is 1. The third-order valence-corrected chi connectivity index (χ3v) is 7.91. The van der Waals surface area contributed by atoms with Crippen LogP contribution in [0.2, 0.25) is 0 Å². The van der Waals surface area contributed by atoms with E-state index in [1.165, 1.54) is 6.08 Å². The minimum atomic E-state index is -0.708. The number of nitrogens with zero attached hydrogens (tertiary/aromatic N) is 2. The number of aliphatic hydroxyl groups is 1. The lowest BCUT2D eigenvalue weighted by atomic mass is 9.73. The van der Waals surface area contributed by atoms with Crippen molar-refractivity contribution in [2.24, 2.45) is 0 Å². The summed E-state index contributed by atoms with van der Waals surface area (Å²) in [6.45, 7) is 4.02. The highest BCUT2D eigenvalue weighted by atomic mass is 16.5. The van der Waals surface area contributed by atoms with Gasteiger partial charge >= 0.3 is 11.9 Å². The van der Waals surface area contributed by atoms with Crippen LogP contribution in [0.25, 0.3) is 0 Å². The summed E-state index contributed by atoms with van der Waals surface area (Å²) >= 11 is 0. The molecule has 4 heterocycles. The minimum Gasteiger partial charge on any atom is -0.457 e. The molecule has 0 saturated carbocycles. The molecule has 35 heavy (non-hydrogen) atoms. The quantitative estimate of drug-likeness (QED) is 0.681. The number of aliphatic hydroxyl groups excluding tert-OH is 1. The molecule has 8 nitrogen and oxygen atoms in total. The molecule has 0 aromatic heterocycles. The first-order valence-corrected chi connectivity index (χ1v) is 11.9. The van der Waals surface area contributed by atoms with E-state index in [1.807, 2.05) is 37.3 Å². The lowest BCUT2D eigenvalue weighted by Crippen LogP contribution is -2.49. The zero-order chi connectivity index (χ0) is 24.3. The van der Waals surface area contributed by atoms with E-state index in [4.69, 9.17) is 9.47 Å². The van der Waals surface area contributed by atoms with E-state index >= 15 is 0 Å². The molecule has 0 radical (unpaired) electrons. The number of fused-ring (bicyclic) bond motifs is 3. The van der Waals surface area contributed by atoms with Crippen LogP contribution in [0, 0.1) is 6.92 Å². The van der Waals surface area contributed by atoms with Gasteiger partial charge in [-0.05, 0) is 61.7 Å². The summed E-state index contributed by atoms with van der Waals surface area (Å²) in [5.74, 6) is -0.749. The molecule has 1 atom stereocenters. The molecular weight excluding hydrogens is 448 g/mol. The van der Waals surface area contributed by atoms with Gasteiger partial charge in [0.2, 0.25) is 5.91 Å². The van der Waals surface area contributed by atoms with Gasteiger partial charge in [-0.15, -0.1) is 0 Å². The lowest BCUT2D eigenvalue weighted by molar-refractivity contribution is -0.135. The normalized spacial score (nSPS) is 21.6. The molecule has 0 bridgehead atoms. The van der Waals surface area contributed by atoms with Gasteiger partial charge in [0.05, 0.1) is 28.5 Å². The van der Waals surface area contributed by atoms with Crippen molar-refractivity contribution in [3.05, 3.63) is 76.0 Å². The highest BCUT2D eigenvalue weighted by molar-refractivity contribution is 6.11. The highest BCUT2D eigenvalue weighted by Gasteiger charge is 2.53. The summed E-state index contributed by atoms with van der Waals surface area (Å²) in [4.78, 5) is 41.1. The van der Waals surface area contributed by atoms with Crippen molar-refractivity contribution in [2.75, 3.05) is 31.1 Å². The van der Waals surface area contributed by atoms with Crippen molar-refractivity contribution in [2.45, 2.75) is 37.9 Å². The van der Waals surface area contributed by atoms with E-state index in [2.05, 4.69) is 4.90 Å². The molecule has 0 aliphatic carbocycles. The van der Waals surface area contributed by atoms with Crippen LogP contribution in [0.5, 0.6) is 0 Å². The van der Waals surface area contributed by atoms with E-state index in [0.29, 0.717) is 43.7 Å². The molecule has 0 unspecified atom stereocenters. The molecule has 180 valence electrons. The lowest BCUT2D eigenvalue weighted by Gasteiger charge is -2.39. The summed E-state index contributed by atoms with van der Waals surface area (Å²) in [6.07, 6.45) is 1.94. The van der Waals surface area contributed by atoms with Crippen LogP contribution < -0.4 is 4.90 Å². The largest absolute Gasteiger partial charge is 0.457 e. The number of esters is 2. The maximum Gasteiger partial charge on any atom is 0.338 e. The molecule has 1 spiro atoms. The van der Waals surface area contributed by atoms with Gasteiger partial charge in [-0.1, -0.05) is 24.3 Å². The van der Waals surface area contributed by atoms with Crippen molar-refractivity contribution >= 4 is 23.5 Å². The Labute approximate surface area is 202 Å². The number of benzene rings is 2. The topological polar surface area (TPSA) is 96.4 Å². The number of carbonyl (C=O) groups is 3. The second-order valence-electron chi connectivity index (χ2n) is 9.68. The van der Waals surface area contributed by atoms with Crippen LogP contribution in [0.1, 0.15) is 51.6 Å². The van der Waals surface area contributed by atoms with Gasteiger partial charge in [-0.25, -0.2) is 9.59 Å². The Morgan fingerprint density at radius 3 is 2.54 bits per heavy atom. The number of cyclic esters (lactones) is 2. The van der Waals surface area contributed by atoms with E-state index in [0.717, 1.165) is 27.9 Å². The van der Waals surface area contributed by atoms with E-state index in [-0.39, 0.29) is 25.1 Å². The average Bonchev–Trinajstić information content (AvgIpc) is 3.52. The summed E-state index contributed by atoms with van der Waals surface area (Å²) in [7, 11) is 0. The highest BCUT2D eigenvalue weighted by Crippen LogP contribution is 2.49. The second-order valence-corrected chi connectivity index (χ2v) is 9.68. The van der Waals surface area contributed by atoms with Gasteiger partial charge in [-0.2, -0.15) is 0 Å². The number of rotatable bonds is 4. The smallest absolute Gasteiger partial charge is 0.338 e. The zero-order valence-electron chi connectivity index (χ0n) is 19.5. The zero-order valence-corrected chi connectivity index (χ0v) is 19.5. The van der Waals surface area contributed by atoms with Gasteiger partial charge in [0.15, 0.2) is 0 Å². The predicted molar refractivity (Wildman–Crippen MR) is 126 cm³/mol. The monoisotopic (exact) mass is 474 g/mol. The number of para-hydroxylation sites is 1. The van der Waals surface area contributed by atoms with Crippen molar-refractivity contribution in [1.29, 1.82) is 0 Å². The summed E-state index contributed by atoms with van der Waals surface area (Å²) < 4.78 is 10.2. The van der Waals surface area contributed by atoms with Crippen molar-refractivity contribution in [3.63, 3.8) is 0 Å². The number of hydrogen-bond acceptors (Lipinski definition) is 7. The fraction of sp³-hybridized carbons (Fsp3) is 0.370. The van der Waals surface area contributed by atoms with Gasteiger partial charge < -0.3 is 19.5 Å². The Morgan fingerprint density at radius 2 is 1.80 bits per heavy atom. The maximum atomic E-state index is 13.8. The first-order chi connectivity index (χ1) is 16.9. The van der Waals surface area contributed by atoms with Crippen molar-refractivity contribution in [3.8, 4) is 0 Å². The Hall–Kier alpha value is -3.49. The van der Waals surface area contributed by atoms with Gasteiger partial charge in [-0.3, -0.25) is 9.69 Å². The fourth-order valence-electron chi connectivity index (χ4n) is 5.96. The molecule has 4 aliphatic rings. The first-order valence-electron chi connectivity index (χ1n) is 11.9. The number of anilines is 1. The molecule has 1 fully saturated rings. The van der Waals surface area contributed by atoms with Crippen molar-refractivity contribution in [1.82, 2.24) is 4.90 Å². The van der Waals surface area contributed by atoms with E-state index in [9.17, 15) is 19.5 Å². The predicted octanol–water partition coefficient (Wildman–Crippen LogP) is 2.52. The molecule has 1 N–H and O–H groups in total. The van der Waals surface area contributed by atoms with Crippen LogP contribution in [-0.2, 0) is 31.1 Å². The van der Waals surface area contributed by atoms with E-state index < -0.39 is 17.5 Å². The van der Waals surface area contributed by atoms with Crippen LogP contribution in [-0.4, -0.2) is 54.1 Å².